The third-order valence-corrected chi connectivity index (χ3v) is 4.66. The van der Waals surface area contributed by atoms with Crippen molar-refractivity contribution in [1.29, 1.82) is 0 Å². The summed E-state index contributed by atoms with van der Waals surface area (Å²) in [6, 6.07) is 5.73. The molecule has 1 amide bonds. The molecule has 1 heterocycles. The molecule has 1 aliphatic rings. The summed E-state index contributed by atoms with van der Waals surface area (Å²) in [5.74, 6) is 0.0541. The molecule has 2 N–H and O–H groups in total. The number of hydrogen-bond donors (Lipinski definition) is 2. The number of piperidine rings is 1. The van der Waals surface area contributed by atoms with E-state index in [2.05, 4.69) is 24.2 Å². The number of carbonyl (C=O) groups excluding carboxylic acids is 1. The maximum atomic E-state index is 12.1. The molecular formula is C14H19IN2O2. The fraction of sp³-hybridized carbons (Fsp3) is 0.500. The van der Waals surface area contributed by atoms with Gasteiger partial charge in [-0.05, 0) is 67.6 Å². The Bertz CT molecular complexity index is 479. The van der Waals surface area contributed by atoms with Gasteiger partial charge in [-0.2, -0.15) is 0 Å². The number of nitrogens with zero attached hydrogens (tertiary/aromatic N) is 1. The second-order valence-corrected chi connectivity index (χ2v) is 6.35. The van der Waals surface area contributed by atoms with E-state index in [9.17, 15) is 9.90 Å². The lowest BCUT2D eigenvalue weighted by Crippen LogP contribution is -2.47. The zero-order chi connectivity index (χ0) is 14.0. The zero-order valence-corrected chi connectivity index (χ0v) is 13.3. The monoisotopic (exact) mass is 374 g/mol. The van der Waals surface area contributed by atoms with Crippen molar-refractivity contribution in [1.82, 2.24) is 10.2 Å². The first-order valence-corrected chi connectivity index (χ1v) is 7.55. The van der Waals surface area contributed by atoms with Crippen LogP contribution in [0.1, 0.15) is 30.1 Å². The molecule has 0 radical (unpaired) electrons. The van der Waals surface area contributed by atoms with Crippen LogP contribution < -0.4 is 5.32 Å². The molecule has 4 nitrogen and oxygen atoms in total. The minimum atomic E-state index is -0.103. The van der Waals surface area contributed by atoms with Crippen molar-refractivity contribution < 1.29 is 9.90 Å². The van der Waals surface area contributed by atoms with Crippen LogP contribution in [-0.2, 0) is 0 Å². The number of rotatable bonds is 2. The lowest BCUT2D eigenvalue weighted by Gasteiger charge is -2.35. The number of halogens is 1. The van der Waals surface area contributed by atoms with Crippen LogP contribution in [0.3, 0.4) is 0 Å². The molecule has 2 rings (SSSR count). The van der Waals surface area contributed by atoms with E-state index in [1.807, 2.05) is 22.6 Å². The first-order chi connectivity index (χ1) is 8.97. The first-order valence-electron chi connectivity index (χ1n) is 6.47. The van der Waals surface area contributed by atoms with E-state index in [0.29, 0.717) is 11.6 Å². The Hall–Kier alpha value is -0.820. The van der Waals surface area contributed by atoms with Gasteiger partial charge in [0.25, 0.3) is 5.91 Å². The molecular weight excluding hydrogens is 355 g/mol. The van der Waals surface area contributed by atoms with Crippen LogP contribution in [-0.4, -0.2) is 41.6 Å². The lowest BCUT2D eigenvalue weighted by atomic mass is 9.98. The number of benzene rings is 1. The number of likely N-dealkylation sites (tertiary alicyclic amines) is 1. The Kier molecular flexibility index (Phi) is 4.67. The van der Waals surface area contributed by atoms with Gasteiger partial charge in [0.15, 0.2) is 0 Å². The Morgan fingerprint density at radius 2 is 2.26 bits per heavy atom. The molecule has 0 bridgehead atoms. The van der Waals surface area contributed by atoms with E-state index in [0.717, 1.165) is 23.0 Å². The highest BCUT2D eigenvalue weighted by Crippen LogP contribution is 2.21. The van der Waals surface area contributed by atoms with Crippen LogP contribution in [0.15, 0.2) is 18.2 Å². The van der Waals surface area contributed by atoms with Crippen molar-refractivity contribution in [2.75, 3.05) is 13.6 Å². The normalized spacial score (nSPS) is 24.2. The summed E-state index contributed by atoms with van der Waals surface area (Å²) in [6.07, 6.45) is 1.95. The number of phenols is 1. The Labute approximate surface area is 127 Å². The van der Waals surface area contributed by atoms with Crippen molar-refractivity contribution >= 4 is 28.5 Å². The SMILES string of the molecule is CC1CC(NC(=O)c2ccc(I)c(O)c2)CCN1C. The molecule has 1 fully saturated rings. The summed E-state index contributed by atoms with van der Waals surface area (Å²) >= 11 is 2.04. The van der Waals surface area contributed by atoms with Gasteiger partial charge >= 0.3 is 0 Å². The zero-order valence-electron chi connectivity index (χ0n) is 11.2. The fourth-order valence-corrected chi connectivity index (χ4v) is 2.68. The van der Waals surface area contributed by atoms with Gasteiger partial charge in [0, 0.05) is 24.2 Å². The van der Waals surface area contributed by atoms with Gasteiger partial charge in [0.05, 0.1) is 3.57 Å². The van der Waals surface area contributed by atoms with E-state index in [1.165, 1.54) is 6.07 Å². The molecule has 104 valence electrons. The highest BCUT2D eigenvalue weighted by atomic mass is 127. The van der Waals surface area contributed by atoms with E-state index >= 15 is 0 Å². The summed E-state index contributed by atoms with van der Waals surface area (Å²) in [7, 11) is 2.11. The quantitative estimate of drug-likeness (QED) is 0.781. The molecule has 2 unspecified atom stereocenters. The topological polar surface area (TPSA) is 52.6 Å². The van der Waals surface area contributed by atoms with Gasteiger partial charge in [-0.3, -0.25) is 4.79 Å². The predicted molar refractivity (Wildman–Crippen MR) is 83.4 cm³/mol. The fourth-order valence-electron chi connectivity index (χ4n) is 2.34. The van der Waals surface area contributed by atoms with Gasteiger partial charge in [0.1, 0.15) is 5.75 Å². The molecule has 1 saturated heterocycles. The molecule has 1 aromatic carbocycles. The van der Waals surface area contributed by atoms with Gasteiger partial charge < -0.3 is 15.3 Å². The average molecular weight is 374 g/mol. The van der Waals surface area contributed by atoms with Crippen molar-refractivity contribution in [2.24, 2.45) is 0 Å². The lowest BCUT2D eigenvalue weighted by molar-refractivity contribution is 0.0896. The standard InChI is InChI=1S/C14H19IN2O2/c1-9-7-11(5-6-17(9)2)16-14(19)10-3-4-12(15)13(18)8-10/h3-4,8-9,11,18H,5-7H2,1-2H3,(H,16,19). The Morgan fingerprint density at radius 3 is 2.89 bits per heavy atom. The van der Waals surface area contributed by atoms with Gasteiger partial charge in [-0.1, -0.05) is 0 Å². The maximum absolute atomic E-state index is 12.1. The smallest absolute Gasteiger partial charge is 0.251 e. The maximum Gasteiger partial charge on any atom is 0.251 e. The predicted octanol–water partition coefficient (Wildman–Crippen LogP) is 2.21. The molecule has 0 spiro atoms. The van der Waals surface area contributed by atoms with Crippen molar-refractivity contribution in [2.45, 2.75) is 31.8 Å². The number of aromatic hydroxyl groups is 1. The molecule has 5 heteroatoms. The average Bonchev–Trinajstić information content (AvgIpc) is 2.37. The molecule has 1 aromatic rings. The van der Waals surface area contributed by atoms with Crippen LogP contribution in [0, 0.1) is 3.57 Å². The summed E-state index contributed by atoms with van der Waals surface area (Å²) in [5, 5.41) is 12.7. The van der Waals surface area contributed by atoms with Crippen LogP contribution in [0.2, 0.25) is 0 Å². The van der Waals surface area contributed by atoms with Crippen LogP contribution in [0.4, 0.5) is 0 Å². The minimum Gasteiger partial charge on any atom is -0.507 e. The highest BCUT2D eigenvalue weighted by Gasteiger charge is 2.24. The second-order valence-electron chi connectivity index (χ2n) is 5.19. The molecule has 19 heavy (non-hydrogen) atoms. The third-order valence-electron chi connectivity index (χ3n) is 3.75. The molecule has 1 aliphatic heterocycles. The Morgan fingerprint density at radius 1 is 1.53 bits per heavy atom. The third kappa shape index (κ3) is 3.60. The van der Waals surface area contributed by atoms with Gasteiger partial charge in [-0.25, -0.2) is 0 Å². The summed E-state index contributed by atoms with van der Waals surface area (Å²) in [6.45, 7) is 3.18. The molecule has 2 atom stereocenters. The number of amides is 1. The van der Waals surface area contributed by atoms with E-state index < -0.39 is 0 Å². The van der Waals surface area contributed by atoms with Crippen LogP contribution >= 0.6 is 22.6 Å². The molecule has 0 aliphatic carbocycles. The first kappa shape index (κ1) is 14.6. The van der Waals surface area contributed by atoms with E-state index in [-0.39, 0.29) is 17.7 Å². The van der Waals surface area contributed by atoms with Crippen molar-refractivity contribution in [3.63, 3.8) is 0 Å². The highest BCUT2D eigenvalue weighted by molar-refractivity contribution is 14.1. The van der Waals surface area contributed by atoms with Gasteiger partial charge in [0.2, 0.25) is 0 Å². The van der Waals surface area contributed by atoms with Crippen molar-refractivity contribution in [3.8, 4) is 5.75 Å². The van der Waals surface area contributed by atoms with Crippen LogP contribution in [0.5, 0.6) is 5.75 Å². The number of nitrogens with one attached hydrogen (secondary N) is 1. The minimum absolute atomic E-state index is 0.103. The molecule has 0 saturated carbocycles. The number of phenolic OH excluding ortho intramolecular Hbond substituents is 1. The second kappa shape index (κ2) is 6.09. The number of hydrogen-bond acceptors (Lipinski definition) is 3. The Balaban J connectivity index is 1.99. The molecule has 0 aromatic heterocycles. The van der Waals surface area contributed by atoms with E-state index in [4.69, 9.17) is 0 Å². The van der Waals surface area contributed by atoms with Crippen LogP contribution in [0.25, 0.3) is 0 Å². The number of carbonyl (C=O) groups is 1. The summed E-state index contributed by atoms with van der Waals surface area (Å²) < 4.78 is 0.752. The van der Waals surface area contributed by atoms with Gasteiger partial charge in [-0.15, -0.1) is 0 Å². The summed E-state index contributed by atoms with van der Waals surface area (Å²) in [5.41, 5.74) is 0.518. The van der Waals surface area contributed by atoms with Crippen molar-refractivity contribution in [3.05, 3.63) is 27.3 Å². The van der Waals surface area contributed by atoms with E-state index in [1.54, 1.807) is 12.1 Å². The largest absolute Gasteiger partial charge is 0.507 e. The summed E-state index contributed by atoms with van der Waals surface area (Å²) in [4.78, 5) is 14.4.